The number of thiocarbonyl (C=S) groups is 1. The molecule has 1 saturated heterocycles. The Balaban J connectivity index is 1.91. The molecule has 1 spiro atoms. The van der Waals surface area contributed by atoms with E-state index < -0.39 is 17.7 Å². The summed E-state index contributed by atoms with van der Waals surface area (Å²) in [5.74, 6) is -0.538. The maximum absolute atomic E-state index is 11.9. The number of ether oxygens (including phenoxy) is 3. The Hall–Kier alpha value is -3.13. The van der Waals surface area contributed by atoms with Crippen LogP contribution in [0.5, 0.6) is 17.2 Å². The number of fused-ring (bicyclic) bond motifs is 1. The van der Waals surface area contributed by atoms with Crippen LogP contribution < -0.4 is 24.8 Å². The lowest BCUT2D eigenvalue weighted by Crippen LogP contribution is -2.69. The average molecular weight is 455 g/mol. The fraction of sp³-hybridized carbons (Fsp3) is 0.375. The minimum Gasteiger partial charge on any atom is -0.464 e. The van der Waals surface area contributed by atoms with Crippen LogP contribution in [0.25, 0.3) is 0 Å². The first kappa shape index (κ1) is 22.1. The molecule has 0 radical (unpaired) electrons. The minimum atomic E-state index is -0.844. The van der Waals surface area contributed by atoms with Gasteiger partial charge in [0.1, 0.15) is 0 Å². The molecule has 8 heteroatoms. The van der Waals surface area contributed by atoms with E-state index in [0.29, 0.717) is 23.7 Å². The monoisotopic (exact) mass is 454 g/mol. The minimum absolute atomic E-state index is 0.0650. The van der Waals surface area contributed by atoms with E-state index >= 15 is 0 Å². The number of esters is 2. The highest BCUT2D eigenvalue weighted by atomic mass is 32.1. The molecule has 2 aliphatic rings. The van der Waals surface area contributed by atoms with Gasteiger partial charge in [-0.15, -0.1) is 0 Å². The third-order valence-electron chi connectivity index (χ3n) is 5.54. The van der Waals surface area contributed by atoms with Gasteiger partial charge in [-0.05, 0) is 37.7 Å². The van der Waals surface area contributed by atoms with Crippen LogP contribution in [-0.2, 0) is 9.59 Å². The molecule has 4 rings (SSSR count). The first-order chi connectivity index (χ1) is 15.1. The molecule has 0 unspecified atom stereocenters. The van der Waals surface area contributed by atoms with Gasteiger partial charge in [-0.1, -0.05) is 36.4 Å². The van der Waals surface area contributed by atoms with Crippen molar-refractivity contribution in [2.45, 2.75) is 57.7 Å². The van der Waals surface area contributed by atoms with Crippen LogP contribution >= 0.6 is 12.2 Å². The zero-order valence-corrected chi connectivity index (χ0v) is 19.3. The second-order valence-electron chi connectivity index (χ2n) is 8.90. The Bertz CT molecular complexity index is 1090. The molecule has 0 aromatic heterocycles. The lowest BCUT2D eigenvalue weighted by Gasteiger charge is -2.50. The Morgan fingerprint density at radius 1 is 1.03 bits per heavy atom. The molecular weight excluding hydrogens is 428 g/mol. The van der Waals surface area contributed by atoms with Gasteiger partial charge >= 0.3 is 11.9 Å². The van der Waals surface area contributed by atoms with Crippen molar-refractivity contribution in [3.63, 3.8) is 0 Å². The summed E-state index contributed by atoms with van der Waals surface area (Å²) in [5, 5.41) is 7.08. The van der Waals surface area contributed by atoms with Crippen molar-refractivity contribution < 1.29 is 23.8 Å². The zero-order chi connectivity index (χ0) is 23.1. The molecule has 32 heavy (non-hydrogen) atoms. The van der Waals surface area contributed by atoms with Crippen LogP contribution in [0.15, 0.2) is 42.5 Å². The highest BCUT2D eigenvalue weighted by Gasteiger charge is 2.50. The molecule has 2 aromatic carbocycles. The van der Waals surface area contributed by atoms with Crippen LogP contribution in [0.1, 0.15) is 57.6 Å². The van der Waals surface area contributed by atoms with E-state index in [9.17, 15) is 9.59 Å². The van der Waals surface area contributed by atoms with Crippen molar-refractivity contribution in [2.24, 2.45) is 0 Å². The molecule has 0 amide bonds. The van der Waals surface area contributed by atoms with Gasteiger partial charge in [0.2, 0.25) is 5.75 Å². The molecule has 0 bridgehead atoms. The van der Waals surface area contributed by atoms with Crippen LogP contribution in [-0.4, -0.2) is 28.3 Å². The second kappa shape index (κ2) is 8.09. The predicted octanol–water partition coefficient (Wildman–Crippen LogP) is 3.79. The van der Waals surface area contributed by atoms with Crippen LogP contribution in [0.3, 0.4) is 0 Å². The lowest BCUT2D eigenvalue weighted by atomic mass is 9.77. The smallest absolute Gasteiger partial charge is 0.308 e. The standard InChI is InChI=1S/C24H26N2O5S/c1-14(27)29-19-11-10-17-18(16-8-6-5-7-9-16)12-24(13-23(3,4)25-22(32)26-24)31-20(17)21(19)30-15(2)28/h5-11,18H,12-13H2,1-4H3,(H2,25,26,32)/t18-,24+/m0/s1. The molecule has 0 aliphatic carbocycles. The lowest BCUT2D eigenvalue weighted by molar-refractivity contribution is -0.135. The zero-order valence-electron chi connectivity index (χ0n) is 18.5. The van der Waals surface area contributed by atoms with Crippen molar-refractivity contribution in [2.75, 3.05) is 0 Å². The van der Waals surface area contributed by atoms with Gasteiger partial charge in [-0.2, -0.15) is 0 Å². The predicted molar refractivity (Wildman–Crippen MR) is 123 cm³/mol. The van der Waals surface area contributed by atoms with E-state index in [1.807, 2.05) is 24.3 Å². The third-order valence-corrected chi connectivity index (χ3v) is 5.74. The number of hydrogen-bond acceptors (Lipinski definition) is 6. The molecule has 168 valence electrons. The van der Waals surface area contributed by atoms with Crippen molar-refractivity contribution in [3.05, 3.63) is 53.6 Å². The topological polar surface area (TPSA) is 85.9 Å². The summed E-state index contributed by atoms with van der Waals surface area (Å²) in [6.07, 6.45) is 1.21. The normalized spacial score (nSPS) is 23.2. The molecule has 0 saturated carbocycles. The SMILES string of the molecule is CC(=O)Oc1ccc2c(c1OC(C)=O)O[C@]1(C[C@H]2c2ccccc2)CC(C)(C)NC(=S)N1. The first-order valence-electron chi connectivity index (χ1n) is 10.5. The summed E-state index contributed by atoms with van der Waals surface area (Å²) in [7, 11) is 0. The number of rotatable bonds is 3. The Kier molecular flexibility index (Phi) is 5.58. The van der Waals surface area contributed by atoms with Crippen LogP contribution in [0.2, 0.25) is 0 Å². The molecule has 7 nitrogen and oxygen atoms in total. The summed E-state index contributed by atoms with van der Waals surface area (Å²) < 4.78 is 17.4. The van der Waals surface area contributed by atoms with Crippen molar-refractivity contribution in [1.29, 1.82) is 0 Å². The summed E-state index contributed by atoms with van der Waals surface area (Å²) in [5.41, 5.74) is 0.770. The number of hydrogen-bond donors (Lipinski definition) is 2. The van der Waals surface area contributed by atoms with E-state index in [0.717, 1.165) is 11.1 Å². The first-order valence-corrected chi connectivity index (χ1v) is 10.9. The highest BCUT2D eigenvalue weighted by molar-refractivity contribution is 7.80. The largest absolute Gasteiger partial charge is 0.464 e. The second-order valence-corrected chi connectivity index (χ2v) is 9.31. The summed E-state index contributed by atoms with van der Waals surface area (Å²) in [4.78, 5) is 23.6. The van der Waals surface area contributed by atoms with Gasteiger partial charge in [-0.3, -0.25) is 9.59 Å². The summed E-state index contributed by atoms with van der Waals surface area (Å²) in [6.45, 7) is 6.70. The molecule has 2 atom stereocenters. The van der Waals surface area contributed by atoms with Gasteiger partial charge in [0, 0.05) is 43.7 Å². The highest BCUT2D eigenvalue weighted by Crippen LogP contribution is 2.53. The van der Waals surface area contributed by atoms with E-state index in [1.165, 1.54) is 13.8 Å². The number of benzene rings is 2. The van der Waals surface area contributed by atoms with E-state index in [2.05, 4.69) is 36.6 Å². The molecule has 2 N–H and O–H groups in total. The van der Waals surface area contributed by atoms with Gasteiger partial charge in [-0.25, -0.2) is 0 Å². The Morgan fingerprint density at radius 3 is 2.34 bits per heavy atom. The van der Waals surface area contributed by atoms with Gasteiger partial charge in [0.25, 0.3) is 0 Å². The quantitative estimate of drug-likeness (QED) is 0.412. The van der Waals surface area contributed by atoms with Crippen molar-refractivity contribution >= 4 is 29.3 Å². The average Bonchev–Trinajstić information content (AvgIpc) is 2.67. The van der Waals surface area contributed by atoms with E-state index in [4.69, 9.17) is 26.4 Å². The third kappa shape index (κ3) is 4.41. The van der Waals surface area contributed by atoms with Crippen molar-refractivity contribution in [1.82, 2.24) is 10.6 Å². The van der Waals surface area contributed by atoms with Gasteiger partial charge < -0.3 is 24.8 Å². The maximum Gasteiger partial charge on any atom is 0.308 e. The molecule has 2 aromatic rings. The maximum atomic E-state index is 11.9. The fourth-order valence-electron chi connectivity index (χ4n) is 4.61. The molecule has 2 heterocycles. The van der Waals surface area contributed by atoms with Crippen molar-refractivity contribution in [3.8, 4) is 17.2 Å². The summed E-state index contributed by atoms with van der Waals surface area (Å²) in [6, 6.07) is 13.6. The van der Waals surface area contributed by atoms with E-state index in [-0.39, 0.29) is 23.0 Å². The number of carbonyl (C=O) groups is 2. The Labute approximate surface area is 192 Å². The van der Waals surface area contributed by atoms with E-state index in [1.54, 1.807) is 6.07 Å². The van der Waals surface area contributed by atoms with Gasteiger partial charge in [0.05, 0.1) is 0 Å². The number of nitrogens with one attached hydrogen (secondary N) is 2. The van der Waals surface area contributed by atoms with Crippen LogP contribution in [0.4, 0.5) is 0 Å². The van der Waals surface area contributed by atoms with Gasteiger partial charge in [0.15, 0.2) is 22.3 Å². The molecular formula is C24H26N2O5S. The summed E-state index contributed by atoms with van der Waals surface area (Å²) >= 11 is 5.49. The molecule has 1 fully saturated rings. The van der Waals surface area contributed by atoms with Crippen LogP contribution in [0, 0.1) is 0 Å². The fourth-order valence-corrected chi connectivity index (χ4v) is 5.07. The Morgan fingerprint density at radius 2 is 1.72 bits per heavy atom. The number of carbonyl (C=O) groups excluding carboxylic acids is 2. The molecule has 2 aliphatic heterocycles.